The smallest absolute Gasteiger partial charge is 0.251 e. The highest BCUT2D eigenvalue weighted by molar-refractivity contribution is 9.10. The number of carbonyl (C=O) groups is 1. The molecular formula is C15H15BrN2O2. The number of hydrogen-bond donors (Lipinski definition) is 1. The van der Waals surface area contributed by atoms with Gasteiger partial charge in [0.25, 0.3) is 5.91 Å². The lowest BCUT2D eigenvalue weighted by Gasteiger charge is -2.23. The summed E-state index contributed by atoms with van der Waals surface area (Å²) in [6, 6.07) is 5.85. The molecule has 1 aromatic carbocycles. The van der Waals surface area contributed by atoms with Gasteiger partial charge in [-0.15, -0.1) is 0 Å². The minimum absolute atomic E-state index is 0.0127. The summed E-state index contributed by atoms with van der Waals surface area (Å²) in [5.74, 6) is 0.641. The zero-order valence-corrected chi connectivity index (χ0v) is 12.5. The Kier molecular flexibility index (Phi) is 2.86. The second-order valence-corrected chi connectivity index (χ2v) is 6.54. The molecule has 2 aliphatic rings. The Morgan fingerprint density at radius 1 is 1.40 bits per heavy atom. The number of carbonyl (C=O) groups excluding carboxylic acids is 1. The van der Waals surface area contributed by atoms with Crippen LogP contribution in [0.4, 0.5) is 0 Å². The number of hydrogen-bond acceptors (Lipinski definition) is 3. The van der Waals surface area contributed by atoms with Gasteiger partial charge in [0.15, 0.2) is 0 Å². The molecular weight excluding hydrogens is 320 g/mol. The molecule has 0 aliphatic carbocycles. The fourth-order valence-electron chi connectivity index (χ4n) is 3.34. The van der Waals surface area contributed by atoms with E-state index >= 15 is 0 Å². The van der Waals surface area contributed by atoms with Gasteiger partial charge in [0.1, 0.15) is 11.8 Å². The Balaban J connectivity index is 1.56. The van der Waals surface area contributed by atoms with Gasteiger partial charge in [-0.05, 0) is 53.0 Å². The molecule has 2 unspecified atom stereocenters. The van der Waals surface area contributed by atoms with Gasteiger partial charge < -0.3 is 14.6 Å². The summed E-state index contributed by atoms with van der Waals surface area (Å²) in [5, 5.41) is 4.12. The molecule has 3 atom stereocenters. The number of benzene rings is 1. The number of furan rings is 1. The largest absolute Gasteiger partial charge is 0.463 e. The van der Waals surface area contributed by atoms with E-state index in [4.69, 9.17) is 4.42 Å². The molecule has 5 heteroatoms. The van der Waals surface area contributed by atoms with E-state index in [9.17, 15) is 4.79 Å². The zero-order chi connectivity index (χ0) is 13.7. The first-order valence-corrected chi connectivity index (χ1v) is 7.70. The topological polar surface area (TPSA) is 45.5 Å². The normalized spacial score (nSPS) is 28.1. The quantitative estimate of drug-likeness (QED) is 0.918. The third kappa shape index (κ3) is 1.96. The molecule has 1 aromatic heterocycles. The lowest BCUT2D eigenvalue weighted by Crippen LogP contribution is -2.43. The van der Waals surface area contributed by atoms with E-state index in [1.807, 2.05) is 18.2 Å². The van der Waals surface area contributed by atoms with Gasteiger partial charge in [0.2, 0.25) is 0 Å². The molecule has 2 bridgehead atoms. The van der Waals surface area contributed by atoms with Crippen LogP contribution in [0.1, 0.15) is 16.8 Å². The van der Waals surface area contributed by atoms with Crippen LogP contribution in [-0.4, -0.2) is 36.5 Å². The highest BCUT2D eigenvalue weighted by Gasteiger charge is 2.38. The fourth-order valence-corrected chi connectivity index (χ4v) is 3.74. The van der Waals surface area contributed by atoms with Gasteiger partial charge in [-0.3, -0.25) is 4.79 Å². The van der Waals surface area contributed by atoms with Crippen LogP contribution in [0, 0.1) is 5.92 Å². The molecule has 3 heterocycles. The number of nitrogens with one attached hydrogen (secondary N) is 1. The summed E-state index contributed by atoms with van der Waals surface area (Å²) >= 11 is 3.43. The second-order valence-electron chi connectivity index (χ2n) is 5.68. The fraction of sp³-hybridized carbons (Fsp3) is 0.400. The summed E-state index contributed by atoms with van der Waals surface area (Å²) in [5.41, 5.74) is 1.48. The van der Waals surface area contributed by atoms with Crippen molar-refractivity contribution in [2.75, 3.05) is 19.6 Å². The predicted molar refractivity (Wildman–Crippen MR) is 79.7 cm³/mol. The van der Waals surface area contributed by atoms with Crippen molar-refractivity contribution in [3.63, 3.8) is 0 Å². The monoisotopic (exact) mass is 334 g/mol. The third-order valence-electron chi connectivity index (χ3n) is 4.44. The Labute approximate surface area is 125 Å². The van der Waals surface area contributed by atoms with Crippen molar-refractivity contribution in [2.45, 2.75) is 12.5 Å². The maximum atomic E-state index is 12.4. The van der Waals surface area contributed by atoms with E-state index in [0.717, 1.165) is 28.5 Å². The maximum Gasteiger partial charge on any atom is 0.251 e. The Morgan fingerprint density at radius 3 is 3.05 bits per heavy atom. The van der Waals surface area contributed by atoms with Crippen molar-refractivity contribution in [1.82, 2.24) is 10.2 Å². The van der Waals surface area contributed by atoms with E-state index in [2.05, 4.69) is 26.1 Å². The summed E-state index contributed by atoms with van der Waals surface area (Å²) in [6.07, 6.45) is 2.85. The van der Waals surface area contributed by atoms with Crippen molar-refractivity contribution in [2.24, 2.45) is 5.92 Å². The number of halogens is 1. The van der Waals surface area contributed by atoms with Crippen LogP contribution in [0.25, 0.3) is 11.0 Å². The van der Waals surface area contributed by atoms with Gasteiger partial charge in [-0.1, -0.05) is 0 Å². The summed E-state index contributed by atoms with van der Waals surface area (Å²) in [4.78, 5) is 14.8. The Hall–Kier alpha value is -1.33. The van der Waals surface area contributed by atoms with E-state index in [-0.39, 0.29) is 5.91 Å². The molecule has 1 N–H and O–H groups in total. The first kappa shape index (κ1) is 12.4. The summed E-state index contributed by atoms with van der Waals surface area (Å²) in [7, 11) is 0. The zero-order valence-electron chi connectivity index (χ0n) is 10.9. The van der Waals surface area contributed by atoms with Crippen molar-refractivity contribution in [1.29, 1.82) is 0 Å². The van der Waals surface area contributed by atoms with Crippen molar-refractivity contribution in [3.05, 3.63) is 34.5 Å². The highest BCUT2D eigenvalue weighted by Crippen LogP contribution is 2.29. The van der Waals surface area contributed by atoms with E-state index in [1.165, 1.54) is 13.0 Å². The average molecular weight is 335 g/mol. The molecule has 0 radical (unpaired) electrons. The standard InChI is InChI=1S/C15H15BrN2O2/c16-12-8-20-14-2-1-9(5-11(12)14)15(19)17-13-7-18-4-3-10(13)6-18/h1-2,5,8,10,13H,3-4,6-7H2,(H,17,19)/t10-,13?/m0/s1. The number of rotatable bonds is 2. The van der Waals surface area contributed by atoms with Crippen LogP contribution in [0.3, 0.4) is 0 Å². The number of piperidine rings is 1. The predicted octanol–water partition coefficient (Wildman–Crippen LogP) is 2.63. The van der Waals surface area contributed by atoms with Gasteiger partial charge in [-0.25, -0.2) is 0 Å². The molecule has 4 nitrogen and oxygen atoms in total. The minimum Gasteiger partial charge on any atom is -0.463 e. The lowest BCUT2D eigenvalue weighted by atomic mass is 9.99. The van der Waals surface area contributed by atoms with Crippen LogP contribution in [0.5, 0.6) is 0 Å². The van der Waals surface area contributed by atoms with Gasteiger partial charge in [-0.2, -0.15) is 0 Å². The second kappa shape index (κ2) is 4.60. The summed E-state index contributed by atoms with van der Waals surface area (Å²) in [6.45, 7) is 3.32. The van der Waals surface area contributed by atoms with E-state index in [1.54, 1.807) is 6.26 Å². The van der Waals surface area contributed by atoms with Crippen molar-refractivity contribution in [3.8, 4) is 0 Å². The molecule has 1 amide bonds. The third-order valence-corrected chi connectivity index (χ3v) is 5.05. The van der Waals surface area contributed by atoms with Crippen LogP contribution in [0.15, 0.2) is 33.4 Å². The number of amides is 1. The molecule has 0 spiro atoms. The van der Waals surface area contributed by atoms with Gasteiger partial charge in [0, 0.05) is 30.1 Å². The van der Waals surface area contributed by atoms with Gasteiger partial charge in [0.05, 0.1) is 4.47 Å². The van der Waals surface area contributed by atoms with Crippen LogP contribution in [-0.2, 0) is 0 Å². The lowest BCUT2D eigenvalue weighted by molar-refractivity contribution is 0.0924. The molecule has 2 aliphatic heterocycles. The van der Waals surface area contributed by atoms with Crippen LogP contribution in [0.2, 0.25) is 0 Å². The average Bonchev–Trinajstić information content (AvgIpc) is 3.15. The SMILES string of the molecule is O=C(NC1CN2CC[C@H]1C2)c1ccc2occ(Br)c2c1. The van der Waals surface area contributed by atoms with E-state index < -0.39 is 0 Å². The van der Waals surface area contributed by atoms with Crippen LogP contribution >= 0.6 is 15.9 Å². The van der Waals surface area contributed by atoms with Crippen molar-refractivity contribution >= 4 is 32.8 Å². The first-order valence-electron chi connectivity index (χ1n) is 6.91. The van der Waals surface area contributed by atoms with Crippen molar-refractivity contribution < 1.29 is 9.21 Å². The molecule has 2 fully saturated rings. The Bertz CT molecular complexity index is 682. The molecule has 0 saturated carbocycles. The molecule has 20 heavy (non-hydrogen) atoms. The van der Waals surface area contributed by atoms with E-state index in [0.29, 0.717) is 17.5 Å². The van der Waals surface area contributed by atoms with Crippen LogP contribution < -0.4 is 5.32 Å². The molecule has 2 aromatic rings. The highest BCUT2D eigenvalue weighted by atomic mass is 79.9. The molecule has 104 valence electrons. The first-order chi connectivity index (χ1) is 9.70. The van der Waals surface area contributed by atoms with Gasteiger partial charge >= 0.3 is 0 Å². The number of nitrogens with zero attached hydrogens (tertiary/aromatic N) is 1. The number of fused-ring (bicyclic) bond motifs is 3. The molecule has 2 saturated heterocycles. The summed E-state index contributed by atoms with van der Waals surface area (Å²) < 4.78 is 6.25. The maximum absolute atomic E-state index is 12.4. The minimum atomic E-state index is 0.0127. The Morgan fingerprint density at radius 2 is 2.30 bits per heavy atom. The molecule has 4 rings (SSSR count).